The van der Waals surface area contributed by atoms with Crippen LogP contribution in [-0.4, -0.2) is 58.4 Å². The average molecular weight is 364 g/mol. The van der Waals surface area contributed by atoms with Gasteiger partial charge in [0.15, 0.2) is 5.17 Å². The molecule has 9 nitrogen and oxygen atoms in total. The van der Waals surface area contributed by atoms with Crippen LogP contribution in [0.1, 0.15) is 6.42 Å². The zero-order chi connectivity index (χ0) is 17.8. The maximum Gasteiger partial charge on any atom is 0.271 e. The number of rotatable bonds is 4. The van der Waals surface area contributed by atoms with Crippen molar-refractivity contribution in [2.24, 2.45) is 4.99 Å². The Bertz CT molecular complexity index is 732. The van der Waals surface area contributed by atoms with E-state index in [4.69, 9.17) is 4.74 Å². The number of amides is 2. The summed E-state index contributed by atoms with van der Waals surface area (Å²) in [7, 11) is 0. The topological polar surface area (TPSA) is 114 Å². The summed E-state index contributed by atoms with van der Waals surface area (Å²) >= 11 is 1.27. The van der Waals surface area contributed by atoms with Crippen LogP contribution in [0.4, 0.5) is 11.4 Å². The summed E-state index contributed by atoms with van der Waals surface area (Å²) in [6, 6.07) is 5.67. The third kappa shape index (κ3) is 4.34. The summed E-state index contributed by atoms with van der Waals surface area (Å²) in [5.41, 5.74) is 0.214. The number of nitro groups is 1. The summed E-state index contributed by atoms with van der Waals surface area (Å²) in [4.78, 5) is 40.4. The van der Waals surface area contributed by atoms with Crippen LogP contribution >= 0.6 is 11.8 Å². The lowest BCUT2D eigenvalue weighted by Gasteiger charge is -2.27. The highest BCUT2D eigenvalue weighted by atomic mass is 32.2. The molecule has 1 aromatic carbocycles. The van der Waals surface area contributed by atoms with Gasteiger partial charge in [0.1, 0.15) is 5.25 Å². The number of anilines is 1. The standard InChI is InChI=1S/C15H16N4O5S/c20-13(16-10-2-1-3-11(8-10)19(22)23)9-12-14(21)17-15(25-12)18-4-6-24-7-5-18/h1-3,8,12H,4-7,9H2,(H,16,20). The molecule has 1 atom stereocenters. The highest BCUT2D eigenvalue weighted by Gasteiger charge is 2.33. The van der Waals surface area contributed by atoms with Gasteiger partial charge >= 0.3 is 0 Å². The molecule has 132 valence electrons. The van der Waals surface area contributed by atoms with Crippen molar-refractivity contribution < 1.29 is 19.2 Å². The molecule has 0 aliphatic carbocycles. The van der Waals surface area contributed by atoms with Gasteiger partial charge in [-0.2, -0.15) is 4.99 Å². The predicted octanol–water partition coefficient (Wildman–Crippen LogP) is 1.25. The fourth-order valence-corrected chi connectivity index (χ4v) is 3.59. The molecule has 1 unspecified atom stereocenters. The lowest BCUT2D eigenvalue weighted by atomic mass is 10.2. The van der Waals surface area contributed by atoms with Gasteiger partial charge in [-0.1, -0.05) is 17.8 Å². The minimum absolute atomic E-state index is 0.0382. The monoisotopic (exact) mass is 364 g/mol. The van der Waals surface area contributed by atoms with Gasteiger partial charge in [-0.15, -0.1) is 0 Å². The molecule has 0 spiro atoms. The Balaban J connectivity index is 1.56. The number of nitrogens with zero attached hydrogens (tertiary/aromatic N) is 3. The van der Waals surface area contributed by atoms with Crippen molar-refractivity contribution in [3.05, 3.63) is 34.4 Å². The van der Waals surface area contributed by atoms with Crippen LogP contribution in [-0.2, 0) is 14.3 Å². The summed E-state index contributed by atoms with van der Waals surface area (Å²) in [5, 5.41) is 13.4. The van der Waals surface area contributed by atoms with Gasteiger partial charge in [-0.25, -0.2) is 0 Å². The van der Waals surface area contributed by atoms with Crippen LogP contribution in [0.3, 0.4) is 0 Å². The quantitative estimate of drug-likeness (QED) is 0.632. The molecular weight excluding hydrogens is 348 g/mol. The molecule has 1 aromatic rings. The summed E-state index contributed by atoms with van der Waals surface area (Å²) in [6.07, 6.45) is -0.0382. The van der Waals surface area contributed by atoms with E-state index in [0.29, 0.717) is 37.2 Å². The summed E-state index contributed by atoms with van der Waals surface area (Å²) in [5.74, 6) is -0.717. The molecule has 10 heteroatoms. The van der Waals surface area contributed by atoms with E-state index in [1.807, 2.05) is 4.90 Å². The van der Waals surface area contributed by atoms with E-state index in [0.717, 1.165) is 0 Å². The van der Waals surface area contributed by atoms with Gasteiger partial charge < -0.3 is 15.0 Å². The van der Waals surface area contributed by atoms with E-state index in [1.54, 1.807) is 6.07 Å². The van der Waals surface area contributed by atoms with Gasteiger partial charge in [0.25, 0.3) is 11.6 Å². The molecule has 1 fully saturated rings. The van der Waals surface area contributed by atoms with Crippen molar-refractivity contribution in [1.82, 2.24) is 4.90 Å². The average Bonchev–Trinajstić information content (AvgIpc) is 2.96. The maximum atomic E-state index is 12.1. The van der Waals surface area contributed by atoms with Crippen LogP contribution in [0.2, 0.25) is 0 Å². The van der Waals surface area contributed by atoms with Crippen molar-refractivity contribution in [2.45, 2.75) is 11.7 Å². The number of hydrogen-bond donors (Lipinski definition) is 1. The predicted molar refractivity (Wildman–Crippen MR) is 92.6 cm³/mol. The third-order valence-corrected chi connectivity index (χ3v) is 4.94. The van der Waals surface area contributed by atoms with Crippen LogP contribution < -0.4 is 5.32 Å². The van der Waals surface area contributed by atoms with E-state index < -0.39 is 10.2 Å². The largest absolute Gasteiger partial charge is 0.378 e. The Hall–Kier alpha value is -2.46. The third-order valence-electron chi connectivity index (χ3n) is 3.72. The van der Waals surface area contributed by atoms with E-state index >= 15 is 0 Å². The van der Waals surface area contributed by atoms with E-state index in [9.17, 15) is 19.7 Å². The SMILES string of the molecule is O=C(CC1SC(N2CCOCC2)=NC1=O)Nc1cccc([N+](=O)[O-])c1. The normalized spacial score (nSPS) is 20.3. The minimum atomic E-state index is -0.573. The molecule has 25 heavy (non-hydrogen) atoms. The molecule has 1 N–H and O–H groups in total. The number of aliphatic imine (C=N–C) groups is 1. The molecule has 2 aliphatic rings. The number of thioether (sulfide) groups is 1. The number of carbonyl (C=O) groups excluding carboxylic acids is 2. The van der Waals surface area contributed by atoms with Crippen molar-refractivity contribution in [3.63, 3.8) is 0 Å². The van der Waals surface area contributed by atoms with Gasteiger partial charge in [-0.05, 0) is 6.07 Å². The first-order chi connectivity index (χ1) is 12.0. The molecule has 0 radical (unpaired) electrons. The van der Waals surface area contributed by atoms with Crippen molar-refractivity contribution in [2.75, 3.05) is 31.6 Å². The van der Waals surface area contributed by atoms with E-state index in [1.165, 1.54) is 30.0 Å². The lowest BCUT2D eigenvalue weighted by Crippen LogP contribution is -2.39. The molecular formula is C15H16N4O5S. The number of ether oxygens (including phenoxy) is 1. The second kappa shape index (κ2) is 7.62. The molecule has 2 aliphatic heterocycles. The first-order valence-electron chi connectivity index (χ1n) is 7.69. The number of carbonyl (C=O) groups is 2. The Morgan fingerprint density at radius 3 is 2.92 bits per heavy atom. The van der Waals surface area contributed by atoms with E-state index in [2.05, 4.69) is 10.3 Å². The molecule has 3 rings (SSSR count). The second-order valence-corrected chi connectivity index (χ2v) is 6.67. The van der Waals surface area contributed by atoms with Gasteiger partial charge in [0.05, 0.1) is 18.1 Å². The summed E-state index contributed by atoms with van der Waals surface area (Å²) in [6.45, 7) is 2.52. The zero-order valence-electron chi connectivity index (χ0n) is 13.2. The van der Waals surface area contributed by atoms with Crippen molar-refractivity contribution in [1.29, 1.82) is 0 Å². The molecule has 0 bridgehead atoms. The van der Waals surface area contributed by atoms with Gasteiger partial charge in [-0.3, -0.25) is 19.7 Å². The Morgan fingerprint density at radius 1 is 1.44 bits per heavy atom. The van der Waals surface area contributed by atoms with Gasteiger partial charge in [0.2, 0.25) is 5.91 Å². The first kappa shape index (κ1) is 17.4. The number of nitrogens with one attached hydrogen (secondary N) is 1. The zero-order valence-corrected chi connectivity index (χ0v) is 14.0. The fourth-order valence-electron chi connectivity index (χ4n) is 2.48. The molecule has 1 saturated heterocycles. The van der Waals surface area contributed by atoms with Crippen LogP contribution in [0.5, 0.6) is 0 Å². The smallest absolute Gasteiger partial charge is 0.271 e. The molecule has 2 amide bonds. The van der Waals surface area contributed by atoms with Crippen molar-refractivity contribution in [3.8, 4) is 0 Å². The molecule has 0 aromatic heterocycles. The number of non-ortho nitro benzene ring substituents is 1. The number of nitro benzene ring substituents is 1. The molecule has 2 heterocycles. The Kier molecular flexibility index (Phi) is 5.29. The second-order valence-electron chi connectivity index (χ2n) is 5.50. The van der Waals surface area contributed by atoms with Crippen LogP contribution in [0.25, 0.3) is 0 Å². The van der Waals surface area contributed by atoms with Gasteiger partial charge in [0, 0.05) is 37.3 Å². The minimum Gasteiger partial charge on any atom is -0.378 e. The maximum absolute atomic E-state index is 12.1. The Morgan fingerprint density at radius 2 is 2.20 bits per heavy atom. The molecule has 0 saturated carbocycles. The highest BCUT2D eigenvalue weighted by Crippen LogP contribution is 2.28. The number of benzene rings is 1. The fraction of sp³-hybridized carbons (Fsp3) is 0.400. The van der Waals surface area contributed by atoms with E-state index in [-0.39, 0.29) is 23.9 Å². The first-order valence-corrected chi connectivity index (χ1v) is 8.57. The summed E-state index contributed by atoms with van der Waals surface area (Å²) < 4.78 is 5.27. The number of amidine groups is 1. The van der Waals surface area contributed by atoms with Crippen LogP contribution in [0.15, 0.2) is 29.3 Å². The number of hydrogen-bond acceptors (Lipinski definition) is 7. The van der Waals surface area contributed by atoms with Crippen LogP contribution in [0, 0.1) is 10.1 Å². The highest BCUT2D eigenvalue weighted by molar-refractivity contribution is 8.15. The Labute approximate surface area is 147 Å². The number of morpholine rings is 1. The van der Waals surface area contributed by atoms with Crippen molar-refractivity contribution >= 4 is 40.1 Å². The lowest BCUT2D eigenvalue weighted by molar-refractivity contribution is -0.384.